The van der Waals surface area contributed by atoms with Gasteiger partial charge < -0.3 is 15.6 Å². The summed E-state index contributed by atoms with van der Waals surface area (Å²) >= 11 is 0. The van der Waals surface area contributed by atoms with Crippen molar-refractivity contribution in [3.8, 4) is 0 Å². The SMILES string of the molecule is CC(CN1CCOC(CO)C1)C(=N)N. The highest BCUT2D eigenvalue weighted by Gasteiger charge is 2.21. The van der Waals surface area contributed by atoms with E-state index in [9.17, 15) is 0 Å². The van der Waals surface area contributed by atoms with Crippen molar-refractivity contribution < 1.29 is 9.84 Å². The number of ether oxygens (including phenoxy) is 1. The van der Waals surface area contributed by atoms with Crippen LogP contribution in [0, 0.1) is 11.3 Å². The molecule has 0 aliphatic carbocycles. The molecule has 1 saturated heterocycles. The molecule has 4 N–H and O–H groups in total. The van der Waals surface area contributed by atoms with E-state index >= 15 is 0 Å². The van der Waals surface area contributed by atoms with Crippen LogP contribution in [0.3, 0.4) is 0 Å². The van der Waals surface area contributed by atoms with E-state index in [1.807, 2.05) is 6.92 Å². The maximum absolute atomic E-state index is 8.93. The zero-order valence-electron chi connectivity index (χ0n) is 8.57. The maximum atomic E-state index is 8.93. The first-order valence-corrected chi connectivity index (χ1v) is 4.92. The fourth-order valence-corrected chi connectivity index (χ4v) is 1.54. The predicted molar refractivity (Wildman–Crippen MR) is 54.3 cm³/mol. The van der Waals surface area contributed by atoms with Crippen LogP contribution in [0.4, 0.5) is 0 Å². The summed E-state index contributed by atoms with van der Waals surface area (Å²) in [6.45, 7) is 5.00. The molecule has 1 heterocycles. The Morgan fingerprint density at radius 1 is 1.79 bits per heavy atom. The van der Waals surface area contributed by atoms with Crippen molar-refractivity contribution in [3.05, 3.63) is 0 Å². The number of hydrogen-bond donors (Lipinski definition) is 3. The minimum Gasteiger partial charge on any atom is -0.394 e. The Hall–Kier alpha value is -0.650. The lowest BCUT2D eigenvalue weighted by atomic mass is 10.1. The van der Waals surface area contributed by atoms with Gasteiger partial charge in [0.05, 0.1) is 25.2 Å². The molecule has 5 heteroatoms. The molecular weight excluding hydrogens is 182 g/mol. The zero-order valence-corrected chi connectivity index (χ0v) is 8.57. The molecule has 0 aromatic rings. The third-order valence-electron chi connectivity index (χ3n) is 2.49. The van der Waals surface area contributed by atoms with Crippen LogP contribution in [0.2, 0.25) is 0 Å². The first-order chi connectivity index (χ1) is 6.63. The number of rotatable bonds is 4. The number of nitrogens with zero attached hydrogens (tertiary/aromatic N) is 1. The third-order valence-corrected chi connectivity index (χ3v) is 2.49. The molecular formula is C9H19N3O2. The van der Waals surface area contributed by atoms with E-state index in [1.165, 1.54) is 0 Å². The molecule has 5 nitrogen and oxygen atoms in total. The number of nitrogens with one attached hydrogen (secondary N) is 1. The normalized spacial score (nSPS) is 26.0. The molecule has 1 aliphatic heterocycles. The number of amidine groups is 1. The Bertz CT molecular complexity index is 198. The van der Waals surface area contributed by atoms with Crippen LogP contribution < -0.4 is 5.73 Å². The van der Waals surface area contributed by atoms with Gasteiger partial charge in [-0.25, -0.2) is 0 Å². The molecule has 0 aromatic carbocycles. The average molecular weight is 201 g/mol. The molecule has 1 fully saturated rings. The van der Waals surface area contributed by atoms with Gasteiger partial charge in [-0.05, 0) is 0 Å². The average Bonchev–Trinajstić information content (AvgIpc) is 2.18. The summed E-state index contributed by atoms with van der Waals surface area (Å²) in [5.41, 5.74) is 5.40. The summed E-state index contributed by atoms with van der Waals surface area (Å²) in [4.78, 5) is 2.18. The molecule has 0 aromatic heterocycles. The molecule has 0 amide bonds. The van der Waals surface area contributed by atoms with Crippen molar-refractivity contribution in [3.63, 3.8) is 0 Å². The van der Waals surface area contributed by atoms with E-state index in [0.29, 0.717) is 6.61 Å². The molecule has 2 unspecified atom stereocenters. The van der Waals surface area contributed by atoms with Gasteiger partial charge in [-0.2, -0.15) is 0 Å². The molecule has 14 heavy (non-hydrogen) atoms. The smallest absolute Gasteiger partial charge is 0.0947 e. The van der Waals surface area contributed by atoms with E-state index < -0.39 is 0 Å². The number of morpholine rings is 1. The topological polar surface area (TPSA) is 82.6 Å². The fraction of sp³-hybridized carbons (Fsp3) is 0.889. The van der Waals surface area contributed by atoms with Gasteiger partial charge in [-0.1, -0.05) is 6.92 Å². The lowest BCUT2D eigenvalue weighted by Gasteiger charge is -2.33. The second kappa shape index (κ2) is 5.29. The van der Waals surface area contributed by atoms with Crippen molar-refractivity contribution >= 4 is 5.84 Å². The second-order valence-electron chi connectivity index (χ2n) is 3.79. The predicted octanol–water partition coefficient (Wildman–Crippen LogP) is -0.748. The van der Waals surface area contributed by atoms with E-state index in [4.69, 9.17) is 21.0 Å². The van der Waals surface area contributed by atoms with E-state index in [1.54, 1.807) is 0 Å². The van der Waals surface area contributed by atoms with Gasteiger partial charge in [0.25, 0.3) is 0 Å². The number of aliphatic hydroxyl groups is 1. The summed E-state index contributed by atoms with van der Waals surface area (Å²) in [6, 6.07) is 0. The van der Waals surface area contributed by atoms with Gasteiger partial charge in [0.1, 0.15) is 0 Å². The van der Waals surface area contributed by atoms with Crippen molar-refractivity contribution in [2.75, 3.05) is 32.8 Å². The Balaban J connectivity index is 2.33. The summed E-state index contributed by atoms with van der Waals surface area (Å²) in [5, 5.41) is 16.2. The van der Waals surface area contributed by atoms with Crippen molar-refractivity contribution in [1.29, 1.82) is 5.41 Å². The molecule has 1 aliphatic rings. The van der Waals surface area contributed by atoms with Crippen molar-refractivity contribution in [1.82, 2.24) is 4.90 Å². The summed E-state index contributed by atoms with van der Waals surface area (Å²) in [7, 11) is 0. The highest BCUT2D eigenvalue weighted by molar-refractivity contribution is 5.79. The van der Waals surface area contributed by atoms with Crippen molar-refractivity contribution in [2.45, 2.75) is 13.0 Å². The highest BCUT2D eigenvalue weighted by Crippen LogP contribution is 2.07. The Morgan fingerprint density at radius 3 is 3.07 bits per heavy atom. The van der Waals surface area contributed by atoms with Crippen LogP contribution in [-0.2, 0) is 4.74 Å². The monoisotopic (exact) mass is 201 g/mol. The Kier molecular flexibility index (Phi) is 4.31. The minimum absolute atomic E-state index is 0.0605. The van der Waals surface area contributed by atoms with Crippen LogP contribution in [0.5, 0.6) is 0 Å². The lowest BCUT2D eigenvalue weighted by Crippen LogP contribution is -2.46. The fourth-order valence-electron chi connectivity index (χ4n) is 1.54. The second-order valence-corrected chi connectivity index (χ2v) is 3.79. The quantitative estimate of drug-likeness (QED) is 0.413. The first kappa shape index (κ1) is 11.4. The van der Waals surface area contributed by atoms with Crippen LogP contribution in [0.15, 0.2) is 0 Å². The lowest BCUT2D eigenvalue weighted by molar-refractivity contribution is -0.0540. The largest absolute Gasteiger partial charge is 0.394 e. The van der Waals surface area contributed by atoms with E-state index in [2.05, 4.69) is 4.90 Å². The molecule has 2 atom stereocenters. The molecule has 0 spiro atoms. The third kappa shape index (κ3) is 3.25. The van der Waals surface area contributed by atoms with Gasteiger partial charge in [0.2, 0.25) is 0 Å². The maximum Gasteiger partial charge on any atom is 0.0947 e. The Morgan fingerprint density at radius 2 is 2.50 bits per heavy atom. The molecule has 0 bridgehead atoms. The number of hydrogen-bond acceptors (Lipinski definition) is 4. The van der Waals surface area contributed by atoms with Gasteiger partial charge in [0, 0.05) is 25.6 Å². The molecule has 82 valence electrons. The van der Waals surface area contributed by atoms with Crippen LogP contribution in [0.1, 0.15) is 6.92 Å². The molecule has 0 saturated carbocycles. The van der Waals surface area contributed by atoms with Gasteiger partial charge in [-0.3, -0.25) is 10.3 Å². The summed E-state index contributed by atoms with van der Waals surface area (Å²) < 4.78 is 5.32. The van der Waals surface area contributed by atoms with Gasteiger partial charge in [-0.15, -0.1) is 0 Å². The highest BCUT2D eigenvalue weighted by atomic mass is 16.5. The van der Waals surface area contributed by atoms with Gasteiger partial charge >= 0.3 is 0 Å². The van der Waals surface area contributed by atoms with Crippen LogP contribution >= 0.6 is 0 Å². The van der Waals surface area contributed by atoms with Crippen molar-refractivity contribution in [2.24, 2.45) is 11.7 Å². The van der Waals surface area contributed by atoms with Crippen LogP contribution in [0.25, 0.3) is 0 Å². The van der Waals surface area contributed by atoms with Gasteiger partial charge in [0.15, 0.2) is 0 Å². The Labute approximate surface area is 84.3 Å². The van der Waals surface area contributed by atoms with E-state index in [0.717, 1.165) is 19.6 Å². The summed E-state index contributed by atoms with van der Waals surface area (Å²) in [6.07, 6.45) is -0.0806. The molecule has 1 rings (SSSR count). The molecule has 0 radical (unpaired) electrons. The van der Waals surface area contributed by atoms with E-state index in [-0.39, 0.29) is 24.5 Å². The number of aliphatic hydroxyl groups excluding tert-OH is 1. The zero-order chi connectivity index (χ0) is 10.6. The minimum atomic E-state index is -0.0806. The standard InChI is InChI=1S/C9H19N3O2/c1-7(9(10)11)4-12-2-3-14-8(5-12)6-13/h7-8,13H,2-6H2,1H3,(H3,10,11). The first-order valence-electron chi connectivity index (χ1n) is 4.92. The summed E-state index contributed by atoms with van der Waals surface area (Å²) in [5.74, 6) is 0.296. The van der Waals surface area contributed by atoms with Crippen LogP contribution in [-0.4, -0.2) is 54.8 Å². The number of nitrogens with two attached hydrogens (primary N) is 1.